The van der Waals surface area contributed by atoms with Crippen LogP contribution >= 0.6 is 0 Å². The van der Waals surface area contributed by atoms with Crippen molar-refractivity contribution in [1.29, 1.82) is 0 Å². The standard InChI is InChI=1S/C24H25N/c1-2-12-24(23-17-10-5-11-18-23)25(19-21-13-6-3-7-14-21)20-22-15-8-4-9-16-22/h2-11,13-18,24H,1,12,19-20H2. The van der Waals surface area contributed by atoms with Crippen molar-refractivity contribution in [2.75, 3.05) is 0 Å². The van der Waals surface area contributed by atoms with Crippen LogP contribution in [0.1, 0.15) is 29.2 Å². The van der Waals surface area contributed by atoms with E-state index in [4.69, 9.17) is 0 Å². The summed E-state index contributed by atoms with van der Waals surface area (Å²) in [4.78, 5) is 2.54. The lowest BCUT2D eigenvalue weighted by atomic mass is 10.00. The third-order valence-corrected chi connectivity index (χ3v) is 4.47. The van der Waals surface area contributed by atoms with E-state index < -0.39 is 0 Å². The highest BCUT2D eigenvalue weighted by molar-refractivity contribution is 5.23. The Hall–Kier alpha value is -2.64. The predicted molar refractivity (Wildman–Crippen MR) is 106 cm³/mol. The first-order valence-corrected chi connectivity index (χ1v) is 8.84. The van der Waals surface area contributed by atoms with Crippen LogP contribution in [0.3, 0.4) is 0 Å². The molecular formula is C24H25N. The van der Waals surface area contributed by atoms with Crippen LogP contribution in [0.4, 0.5) is 0 Å². The van der Waals surface area contributed by atoms with E-state index in [1.165, 1.54) is 16.7 Å². The molecule has 0 fully saturated rings. The number of benzene rings is 3. The normalized spacial score (nSPS) is 12.0. The van der Waals surface area contributed by atoms with Gasteiger partial charge in [0, 0.05) is 19.1 Å². The van der Waals surface area contributed by atoms with Gasteiger partial charge in [-0.05, 0) is 23.1 Å². The van der Waals surface area contributed by atoms with E-state index in [1.54, 1.807) is 0 Å². The zero-order chi connectivity index (χ0) is 17.3. The Kier molecular flexibility index (Phi) is 6.19. The first kappa shape index (κ1) is 17.2. The molecule has 0 aromatic heterocycles. The maximum atomic E-state index is 4.00. The van der Waals surface area contributed by atoms with E-state index in [0.29, 0.717) is 6.04 Å². The Labute approximate surface area is 151 Å². The lowest BCUT2D eigenvalue weighted by molar-refractivity contribution is 0.179. The van der Waals surface area contributed by atoms with Crippen LogP contribution in [0, 0.1) is 0 Å². The summed E-state index contributed by atoms with van der Waals surface area (Å²) in [7, 11) is 0. The van der Waals surface area contributed by atoms with Gasteiger partial charge in [-0.3, -0.25) is 4.90 Å². The van der Waals surface area contributed by atoms with E-state index in [9.17, 15) is 0 Å². The quantitative estimate of drug-likeness (QED) is 0.458. The molecule has 0 radical (unpaired) electrons. The van der Waals surface area contributed by atoms with Crippen molar-refractivity contribution in [3.8, 4) is 0 Å². The molecule has 3 aromatic carbocycles. The van der Waals surface area contributed by atoms with Gasteiger partial charge in [-0.25, -0.2) is 0 Å². The van der Waals surface area contributed by atoms with Crippen molar-refractivity contribution in [3.05, 3.63) is 120 Å². The fourth-order valence-corrected chi connectivity index (χ4v) is 3.24. The number of rotatable bonds is 8. The maximum absolute atomic E-state index is 4.00. The molecule has 0 saturated carbocycles. The van der Waals surface area contributed by atoms with Gasteiger partial charge < -0.3 is 0 Å². The van der Waals surface area contributed by atoms with Gasteiger partial charge in [-0.1, -0.05) is 97.1 Å². The highest BCUT2D eigenvalue weighted by atomic mass is 15.2. The van der Waals surface area contributed by atoms with Gasteiger partial charge in [0.1, 0.15) is 0 Å². The van der Waals surface area contributed by atoms with Crippen LogP contribution in [0.15, 0.2) is 104 Å². The minimum Gasteiger partial charge on any atom is -0.288 e. The minimum absolute atomic E-state index is 0.319. The summed E-state index contributed by atoms with van der Waals surface area (Å²) in [5.41, 5.74) is 4.01. The first-order chi connectivity index (χ1) is 12.4. The highest BCUT2D eigenvalue weighted by Crippen LogP contribution is 2.28. The molecule has 1 unspecified atom stereocenters. The van der Waals surface area contributed by atoms with Crippen LogP contribution in [-0.2, 0) is 13.1 Å². The third-order valence-electron chi connectivity index (χ3n) is 4.47. The lowest BCUT2D eigenvalue weighted by Crippen LogP contribution is -2.28. The molecule has 0 aliphatic carbocycles. The van der Waals surface area contributed by atoms with Gasteiger partial charge in [0.15, 0.2) is 0 Å². The molecule has 3 aromatic rings. The van der Waals surface area contributed by atoms with Crippen molar-refractivity contribution in [2.45, 2.75) is 25.6 Å². The van der Waals surface area contributed by atoms with Crippen LogP contribution in [0.25, 0.3) is 0 Å². The second-order valence-electron chi connectivity index (χ2n) is 6.33. The van der Waals surface area contributed by atoms with Gasteiger partial charge in [0.05, 0.1) is 0 Å². The monoisotopic (exact) mass is 327 g/mol. The van der Waals surface area contributed by atoms with Crippen molar-refractivity contribution in [1.82, 2.24) is 4.90 Å². The van der Waals surface area contributed by atoms with Crippen molar-refractivity contribution in [2.24, 2.45) is 0 Å². The minimum atomic E-state index is 0.319. The molecule has 0 N–H and O–H groups in total. The average Bonchev–Trinajstić information content (AvgIpc) is 2.68. The van der Waals surface area contributed by atoms with Crippen molar-refractivity contribution in [3.63, 3.8) is 0 Å². The van der Waals surface area contributed by atoms with Gasteiger partial charge in [0.2, 0.25) is 0 Å². The van der Waals surface area contributed by atoms with Gasteiger partial charge >= 0.3 is 0 Å². The molecule has 0 heterocycles. The maximum Gasteiger partial charge on any atom is 0.0389 e. The largest absolute Gasteiger partial charge is 0.288 e. The Morgan fingerprint density at radius 2 is 1.12 bits per heavy atom. The Balaban J connectivity index is 1.91. The topological polar surface area (TPSA) is 3.24 Å². The van der Waals surface area contributed by atoms with Crippen LogP contribution < -0.4 is 0 Å². The summed E-state index contributed by atoms with van der Waals surface area (Å²) in [5, 5.41) is 0. The molecular weight excluding hydrogens is 302 g/mol. The molecule has 3 rings (SSSR count). The zero-order valence-electron chi connectivity index (χ0n) is 14.6. The molecule has 0 saturated heterocycles. The van der Waals surface area contributed by atoms with Crippen molar-refractivity contribution < 1.29 is 0 Å². The fraction of sp³-hybridized carbons (Fsp3) is 0.167. The molecule has 1 atom stereocenters. The van der Waals surface area contributed by atoms with Crippen LogP contribution in [0.2, 0.25) is 0 Å². The van der Waals surface area contributed by atoms with E-state index in [2.05, 4.69) is 102 Å². The molecule has 1 heteroatoms. The first-order valence-electron chi connectivity index (χ1n) is 8.84. The molecule has 25 heavy (non-hydrogen) atoms. The molecule has 0 amide bonds. The van der Waals surface area contributed by atoms with Crippen molar-refractivity contribution >= 4 is 0 Å². The summed E-state index contributed by atoms with van der Waals surface area (Å²) in [5.74, 6) is 0. The summed E-state index contributed by atoms with van der Waals surface area (Å²) < 4.78 is 0. The SMILES string of the molecule is C=CCC(c1ccccc1)N(Cc1ccccc1)Cc1ccccc1. The summed E-state index contributed by atoms with van der Waals surface area (Å²) in [6.45, 7) is 5.84. The van der Waals surface area contributed by atoms with Crippen LogP contribution in [-0.4, -0.2) is 4.90 Å². The smallest absolute Gasteiger partial charge is 0.0389 e. The van der Waals surface area contributed by atoms with E-state index >= 15 is 0 Å². The summed E-state index contributed by atoms with van der Waals surface area (Å²) in [6, 6.07) is 32.5. The number of hydrogen-bond acceptors (Lipinski definition) is 1. The van der Waals surface area contributed by atoms with E-state index in [1.807, 2.05) is 6.08 Å². The highest BCUT2D eigenvalue weighted by Gasteiger charge is 2.19. The van der Waals surface area contributed by atoms with Crippen LogP contribution in [0.5, 0.6) is 0 Å². The predicted octanol–water partition coefficient (Wildman–Crippen LogP) is 6.01. The molecule has 0 aliphatic rings. The second-order valence-corrected chi connectivity index (χ2v) is 6.33. The van der Waals surface area contributed by atoms with Gasteiger partial charge in [-0.15, -0.1) is 6.58 Å². The summed E-state index contributed by atoms with van der Waals surface area (Å²) >= 11 is 0. The van der Waals surface area contributed by atoms with E-state index in [0.717, 1.165) is 19.5 Å². The zero-order valence-corrected chi connectivity index (χ0v) is 14.6. The fourth-order valence-electron chi connectivity index (χ4n) is 3.24. The Morgan fingerprint density at radius 3 is 1.56 bits per heavy atom. The number of nitrogens with zero attached hydrogens (tertiary/aromatic N) is 1. The van der Waals surface area contributed by atoms with Gasteiger partial charge in [-0.2, -0.15) is 0 Å². The van der Waals surface area contributed by atoms with Gasteiger partial charge in [0.25, 0.3) is 0 Å². The summed E-state index contributed by atoms with van der Waals surface area (Å²) in [6.07, 6.45) is 2.96. The number of hydrogen-bond donors (Lipinski definition) is 0. The Bertz CT molecular complexity index is 708. The molecule has 126 valence electrons. The van der Waals surface area contributed by atoms with E-state index in [-0.39, 0.29) is 0 Å². The third kappa shape index (κ3) is 4.91. The lowest BCUT2D eigenvalue weighted by Gasteiger charge is -2.32. The molecule has 0 spiro atoms. The molecule has 0 aliphatic heterocycles. The average molecular weight is 327 g/mol. The second kappa shape index (κ2) is 9.00. The Morgan fingerprint density at radius 1 is 0.680 bits per heavy atom. The molecule has 0 bridgehead atoms. The molecule has 1 nitrogen and oxygen atoms in total.